The van der Waals surface area contributed by atoms with Crippen molar-refractivity contribution in [3.8, 4) is 0 Å². The van der Waals surface area contributed by atoms with E-state index in [1.807, 2.05) is 0 Å². The SMILES string of the molecule is CN(CCC(C)(CO)NC1CC1)CC(C)(C)C. The van der Waals surface area contributed by atoms with Crippen LogP contribution in [-0.4, -0.2) is 48.3 Å². The zero-order valence-electron chi connectivity index (χ0n) is 12.2. The van der Waals surface area contributed by atoms with Crippen LogP contribution in [0.15, 0.2) is 0 Å². The van der Waals surface area contributed by atoms with Gasteiger partial charge < -0.3 is 15.3 Å². The first-order valence-electron chi connectivity index (χ1n) is 6.81. The first-order valence-corrected chi connectivity index (χ1v) is 6.81. The number of nitrogens with one attached hydrogen (secondary N) is 1. The molecule has 0 aliphatic heterocycles. The van der Waals surface area contributed by atoms with Gasteiger partial charge in [0.25, 0.3) is 0 Å². The maximum atomic E-state index is 9.53. The molecule has 1 aliphatic rings. The summed E-state index contributed by atoms with van der Waals surface area (Å²) < 4.78 is 0. The molecule has 0 saturated heterocycles. The smallest absolute Gasteiger partial charge is 0.0611 e. The van der Waals surface area contributed by atoms with Crippen molar-refractivity contribution in [2.24, 2.45) is 5.41 Å². The number of hydrogen-bond donors (Lipinski definition) is 2. The summed E-state index contributed by atoms with van der Waals surface area (Å²) in [7, 11) is 2.17. The minimum Gasteiger partial charge on any atom is -0.394 e. The van der Waals surface area contributed by atoms with Crippen LogP contribution in [0.1, 0.15) is 47.0 Å². The summed E-state index contributed by atoms with van der Waals surface area (Å²) in [5.41, 5.74) is 0.238. The van der Waals surface area contributed by atoms with Crippen LogP contribution in [0.5, 0.6) is 0 Å². The van der Waals surface area contributed by atoms with Gasteiger partial charge in [0.1, 0.15) is 0 Å². The minimum atomic E-state index is -0.104. The van der Waals surface area contributed by atoms with Gasteiger partial charge in [0.15, 0.2) is 0 Å². The molecule has 0 aromatic carbocycles. The zero-order valence-corrected chi connectivity index (χ0v) is 12.2. The van der Waals surface area contributed by atoms with E-state index >= 15 is 0 Å². The highest BCUT2D eigenvalue weighted by molar-refractivity contribution is 4.92. The summed E-state index contributed by atoms with van der Waals surface area (Å²) >= 11 is 0. The molecule has 102 valence electrons. The molecule has 0 radical (unpaired) electrons. The Morgan fingerprint density at radius 3 is 2.24 bits per heavy atom. The third kappa shape index (κ3) is 6.39. The predicted molar refractivity (Wildman–Crippen MR) is 73.2 cm³/mol. The lowest BCUT2D eigenvalue weighted by Gasteiger charge is -2.33. The topological polar surface area (TPSA) is 35.5 Å². The average molecular weight is 242 g/mol. The number of aliphatic hydroxyl groups excluding tert-OH is 1. The van der Waals surface area contributed by atoms with Crippen LogP contribution in [-0.2, 0) is 0 Å². The van der Waals surface area contributed by atoms with E-state index in [-0.39, 0.29) is 12.1 Å². The fourth-order valence-corrected chi connectivity index (χ4v) is 2.24. The molecule has 0 heterocycles. The highest BCUT2D eigenvalue weighted by atomic mass is 16.3. The first kappa shape index (κ1) is 14.9. The minimum absolute atomic E-state index is 0.104. The quantitative estimate of drug-likeness (QED) is 0.715. The van der Waals surface area contributed by atoms with Gasteiger partial charge in [-0.05, 0) is 45.2 Å². The second kappa shape index (κ2) is 5.68. The molecule has 1 unspecified atom stereocenters. The molecule has 3 nitrogen and oxygen atoms in total. The van der Waals surface area contributed by atoms with Crippen molar-refractivity contribution in [1.82, 2.24) is 10.2 Å². The zero-order chi connectivity index (χ0) is 13.1. The average Bonchev–Trinajstić information content (AvgIpc) is 2.96. The number of hydrogen-bond acceptors (Lipinski definition) is 3. The molecule has 0 spiro atoms. The van der Waals surface area contributed by atoms with E-state index in [4.69, 9.17) is 0 Å². The number of aliphatic hydroxyl groups is 1. The van der Waals surface area contributed by atoms with Gasteiger partial charge in [-0.25, -0.2) is 0 Å². The Hall–Kier alpha value is -0.120. The van der Waals surface area contributed by atoms with Crippen molar-refractivity contribution >= 4 is 0 Å². The molecule has 2 N–H and O–H groups in total. The fraction of sp³-hybridized carbons (Fsp3) is 1.00. The third-order valence-electron chi connectivity index (χ3n) is 3.27. The van der Waals surface area contributed by atoms with Crippen molar-refractivity contribution in [3.05, 3.63) is 0 Å². The Morgan fingerprint density at radius 2 is 1.82 bits per heavy atom. The van der Waals surface area contributed by atoms with Gasteiger partial charge in [-0.15, -0.1) is 0 Å². The fourth-order valence-electron chi connectivity index (χ4n) is 2.24. The summed E-state index contributed by atoms with van der Waals surface area (Å²) in [5, 5.41) is 13.1. The molecule has 3 heteroatoms. The molecule has 0 amide bonds. The summed E-state index contributed by atoms with van der Waals surface area (Å²) in [6, 6.07) is 0.653. The highest BCUT2D eigenvalue weighted by Crippen LogP contribution is 2.24. The second-order valence-electron chi connectivity index (χ2n) is 7.19. The summed E-state index contributed by atoms with van der Waals surface area (Å²) in [6.07, 6.45) is 3.55. The van der Waals surface area contributed by atoms with Crippen LogP contribution in [0.4, 0.5) is 0 Å². The predicted octanol–water partition coefficient (Wildman–Crippen LogP) is 1.86. The lowest BCUT2D eigenvalue weighted by atomic mass is 9.94. The van der Waals surface area contributed by atoms with E-state index in [0.29, 0.717) is 11.5 Å². The maximum Gasteiger partial charge on any atom is 0.0611 e. The molecular weight excluding hydrogens is 212 g/mol. The summed E-state index contributed by atoms with van der Waals surface area (Å²) in [6.45, 7) is 11.3. The van der Waals surface area contributed by atoms with E-state index in [0.717, 1.165) is 19.5 Å². The van der Waals surface area contributed by atoms with Crippen LogP contribution < -0.4 is 5.32 Å². The summed E-state index contributed by atoms with van der Waals surface area (Å²) in [4.78, 5) is 2.36. The van der Waals surface area contributed by atoms with E-state index in [1.54, 1.807) is 0 Å². The van der Waals surface area contributed by atoms with Crippen LogP contribution in [0, 0.1) is 5.41 Å². The molecule has 0 aromatic heterocycles. The standard InChI is InChI=1S/C14H30N2O/c1-13(2,3)10-16(5)9-8-14(4,11-17)15-12-6-7-12/h12,15,17H,6-11H2,1-5H3. The Bertz CT molecular complexity index is 233. The van der Waals surface area contributed by atoms with Crippen molar-refractivity contribution in [3.63, 3.8) is 0 Å². The lowest BCUT2D eigenvalue weighted by molar-refractivity contribution is 0.139. The molecule has 1 atom stereocenters. The Labute approximate surface area is 107 Å². The Kier molecular flexibility index (Phi) is 4.99. The molecule has 1 fully saturated rings. The molecule has 1 rings (SSSR count). The molecular formula is C14H30N2O. The number of nitrogens with zero attached hydrogens (tertiary/aromatic N) is 1. The van der Waals surface area contributed by atoms with Crippen molar-refractivity contribution in [2.45, 2.75) is 58.5 Å². The van der Waals surface area contributed by atoms with Gasteiger partial charge in [-0.3, -0.25) is 0 Å². The van der Waals surface area contributed by atoms with Crippen LogP contribution in [0.25, 0.3) is 0 Å². The van der Waals surface area contributed by atoms with Crippen molar-refractivity contribution in [1.29, 1.82) is 0 Å². The molecule has 0 bridgehead atoms. The summed E-state index contributed by atoms with van der Waals surface area (Å²) in [5.74, 6) is 0. The van der Waals surface area contributed by atoms with E-state index in [1.165, 1.54) is 12.8 Å². The highest BCUT2D eigenvalue weighted by Gasteiger charge is 2.32. The molecule has 17 heavy (non-hydrogen) atoms. The lowest BCUT2D eigenvalue weighted by Crippen LogP contribution is -2.49. The van der Waals surface area contributed by atoms with Crippen LogP contribution in [0.2, 0.25) is 0 Å². The van der Waals surface area contributed by atoms with Crippen molar-refractivity contribution in [2.75, 3.05) is 26.7 Å². The van der Waals surface area contributed by atoms with E-state index < -0.39 is 0 Å². The van der Waals surface area contributed by atoms with E-state index in [2.05, 4.69) is 45.0 Å². The van der Waals surface area contributed by atoms with Gasteiger partial charge in [0.05, 0.1) is 6.61 Å². The Morgan fingerprint density at radius 1 is 1.24 bits per heavy atom. The van der Waals surface area contributed by atoms with Gasteiger partial charge in [0.2, 0.25) is 0 Å². The monoisotopic (exact) mass is 242 g/mol. The van der Waals surface area contributed by atoms with Gasteiger partial charge in [-0.1, -0.05) is 20.8 Å². The van der Waals surface area contributed by atoms with Crippen LogP contribution in [0.3, 0.4) is 0 Å². The van der Waals surface area contributed by atoms with E-state index in [9.17, 15) is 5.11 Å². The van der Waals surface area contributed by atoms with Crippen molar-refractivity contribution < 1.29 is 5.11 Å². The van der Waals surface area contributed by atoms with Gasteiger partial charge in [-0.2, -0.15) is 0 Å². The maximum absolute atomic E-state index is 9.53. The number of rotatable bonds is 7. The van der Waals surface area contributed by atoms with Gasteiger partial charge >= 0.3 is 0 Å². The molecule has 1 saturated carbocycles. The molecule has 0 aromatic rings. The second-order valence-corrected chi connectivity index (χ2v) is 7.19. The normalized spacial score (nSPS) is 20.6. The third-order valence-corrected chi connectivity index (χ3v) is 3.27. The largest absolute Gasteiger partial charge is 0.394 e. The van der Waals surface area contributed by atoms with Gasteiger partial charge in [0, 0.05) is 18.1 Å². The first-order chi connectivity index (χ1) is 7.74. The molecule has 1 aliphatic carbocycles. The Balaban J connectivity index is 2.30. The van der Waals surface area contributed by atoms with Crippen LogP contribution >= 0.6 is 0 Å².